The Hall–Kier alpha value is -0.0800. The summed E-state index contributed by atoms with van der Waals surface area (Å²) in [6.07, 6.45) is 1.21. The molecule has 0 aromatic heterocycles. The highest BCUT2D eigenvalue weighted by atomic mass is 15.1. The smallest absolute Gasteiger partial charge is 0.0169 e. The second kappa shape index (κ2) is 7.34. The third-order valence-corrected chi connectivity index (χ3v) is 2.61. The van der Waals surface area contributed by atoms with Crippen LogP contribution >= 0.6 is 0 Å². The molecule has 0 aliphatic carbocycles. The van der Waals surface area contributed by atoms with Crippen LogP contribution in [-0.2, 0) is 0 Å². The largest absolute Gasteiger partial charge is 0.311 e. The van der Waals surface area contributed by atoms with E-state index in [2.05, 4.69) is 44.8 Å². The van der Waals surface area contributed by atoms with Gasteiger partial charge in [0.2, 0.25) is 0 Å². The Bertz CT molecular complexity index is 111. The van der Waals surface area contributed by atoms with Crippen molar-refractivity contribution in [2.45, 2.75) is 53.1 Å². The lowest BCUT2D eigenvalue weighted by Gasteiger charge is -2.25. The molecule has 0 radical (unpaired) electrons. The zero-order valence-electron chi connectivity index (χ0n) is 9.93. The first-order valence-electron chi connectivity index (χ1n) is 5.62. The minimum absolute atomic E-state index is 0.606. The van der Waals surface area contributed by atoms with Gasteiger partial charge in [-0.05, 0) is 33.4 Å². The van der Waals surface area contributed by atoms with Crippen LogP contribution in [0.5, 0.6) is 0 Å². The molecule has 13 heavy (non-hydrogen) atoms. The average Bonchev–Trinajstić information content (AvgIpc) is 2.13. The Kier molecular flexibility index (Phi) is 7.29. The van der Waals surface area contributed by atoms with Crippen molar-refractivity contribution in [1.29, 1.82) is 0 Å². The van der Waals surface area contributed by atoms with Crippen molar-refractivity contribution in [1.82, 2.24) is 10.2 Å². The Morgan fingerprint density at radius 3 is 1.92 bits per heavy atom. The summed E-state index contributed by atoms with van der Waals surface area (Å²) in [6, 6.07) is 1.25. The van der Waals surface area contributed by atoms with E-state index in [0.717, 1.165) is 19.6 Å². The van der Waals surface area contributed by atoms with Gasteiger partial charge < -0.3 is 10.2 Å². The number of likely N-dealkylation sites (N-methyl/N-ethyl adjacent to an activating group) is 1. The Morgan fingerprint density at radius 1 is 1.00 bits per heavy atom. The average molecular weight is 186 g/mol. The van der Waals surface area contributed by atoms with E-state index in [0.29, 0.717) is 12.1 Å². The van der Waals surface area contributed by atoms with Gasteiger partial charge in [-0.15, -0.1) is 0 Å². The van der Waals surface area contributed by atoms with Gasteiger partial charge in [0.25, 0.3) is 0 Å². The van der Waals surface area contributed by atoms with Crippen molar-refractivity contribution in [3.05, 3.63) is 0 Å². The van der Waals surface area contributed by atoms with Crippen LogP contribution in [0.1, 0.15) is 41.0 Å². The van der Waals surface area contributed by atoms with Crippen LogP contribution in [0.4, 0.5) is 0 Å². The number of rotatable bonds is 7. The van der Waals surface area contributed by atoms with Gasteiger partial charge in [0.15, 0.2) is 0 Å². The summed E-state index contributed by atoms with van der Waals surface area (Å²) < 4.78 is 0. The maximum atomic E-state index is 3.59. The summed E-state index contributed by atoms with van der Waals surface area (Å²) in [7, 11) is 0. The minimum atomic E-state index is 0.606. The number of hydrogen-bond donors (Lipinski definition) is 1. The summed E-state index contributed by atoms with van der Waals surface area (Å²) in [5, 5.41) is 3.59. The maximum Gasteiger partial charge on any atom is 0.0169 e. The van der Waals surface area contributed by atoms with Gasteiger partial charge in [-0.25, -0.2) is 0 Å². The maximum absolute atomic E-state index is 3.59. The number of hydrogen-bond acceptors (Lipinski definition) is 2. The van der Waals surface area contributed by atoms with Crippen LogP contribution in [-0.4, -0.2) is 36.6 Å². The molecule has 0 saturated carbocycles. The lowest BCUT2D eigenvalue weighted by Crippen LogP contribution is -2.42. The molecule has 0 aromatic carbocycles. The van der Waals surface area contributed by atoms with Gasteiger partial charge in [0.05, 0.1) is 0 Å². The molecule has 0 rings (SSSR count). The molecule has 0 spiro atoms. The molecule has 0 fully saturated rings. The topological polar surface area (TPSA) is 15.3 Å². The summed E-state index contributed by atoms with van der Waals surface area (Å²) in [5.41, 5.74) is 0. The van der Waals surface area contributed by atoms with Crippen LogP contribution in [0.15, 0.2) is 0 Å². The van der Waals surface area contributed by atoms with Gasteiger partial charge in [-0.2, -0.15) is 0 Å². The summed E-state index contributed by atoms with van der Waals surface area (Å²) >= 11 is 0. The van der Waals surface area contributed by atoms with E-state index in [4.69, 9.17) is 0 Å². The monoisotopic (exact) mass is 186 g/mol. The first-order valence-corrected chi connectivity index (χ1v) is 5.62. The van der Waals surface area contributed by atoms with Crippen molar-refractivity contribution in [2.24, 2.45) is 0 Å². The van der Waals surface area contributed by atoms with Gasteiger partial charge in [-0.1, -0.05) is 20.8 Å². The fourth-order valence-electron chi connectivity index (χ4n) is 1.53. The first kappa shape index (κ1) is 12.9. The van der Waals surface area contributed by atoms with Gasteiger partial charge in [0, 0.05) is 18.6 Å². The summed E-state index contributed by atoms with van der Waals surface area (Å²) in [6.45, 7) is 14.7. The molecule has 2 atom stereocenters. The molecule has 0 heterocycles. The first-order chi connectivity index (χ1) is 6.13. The van der Waals surface area contributed by atoms with E-state index in [1.54, 1.807) is 0 Å². The Balaban J connectivity index is 3.65. The van der Waals surface area contributed by atoms with Crippen LogP contribution in [0.25, 0.3) is 0 Å². The second-order valence-electron chi connectivity index (χ2n) is 3.86. The molecule has 0 amide bonds. The van der Waals surface area contributed by atoms with Crippen LogP contribution < -0.4 is 5.32 Å². The molecule has 0 aromatic rings. The number of nitrogens with zero attached hydrogens (tertiary/aromatic N) is 1. The minimum Gasteiger partial charge on any atom is -0.311 e. The van der Waals surface area contributed by atoms with Crippen molar-refractivity contribution in [3.63, 3.8) is 0 Å². The lowest BCUT2D eigenvalue weighted by atomic mass is 10.2. The van der Waals surface area contributed by atoms with Crippen LogP contribution in [0, 0.1) is 0 Å². The standard InChI is InChI=1S/C11H26N2/c1-6-10(4)12-11(5)9-13(7-2)8-3/h10-12H,6-9H2,1-5H3. The highest BCUT2D eigenvalue weighted by Crippen LogP contribution is 1.95. The van der Waals surface area contributed by atoms with E-state index in [9.17, 15) is 0 Å². The summed E-state index contributed by atoms with van der Waals surface area (Å²) in [4.78, 5) is 2.46. The Morgan fingerprint density at radius 2 is 1.54 bits per heavy atom. The molecule has 0 saturated heterocycles. The van der Waals surface area contributed by atoms with Crippen LogP contribution in [0.3, 0.4) is 0 Å². The van der Waals surface area contributed by atoms with Crippen molar-refractivity contribution in [2.75, 3.05) is 19.6 Å². The normalized spacial score (nSPS) is 16.2. The highest BCUT2D eigenvalue weighted by molar-refractivity contribution is 4.69. The predicted molar refractivity (Wildman–Crippen MR) is 60.1 cm³/mol. The van der Waals surface area contributed by atoms with E-state index >= 15 is 0 Å². The van der Waals surface area contributed by atoms with E-state index in [1.807, 2.05) is 0 Å². The molecule has 2 unspecified atom stereocenters. The molecule has 2 heteroatoms. The fraction of sp³-hybridized carbons (Fsp3) is 1.00. The van der Waals surface area contributed by atoms with E-state index < -0.39 is 0 Å². The van der Waals surface area contributed by atoms with Gasteiger partial charge in [0.1, 0.15) is 0 Å². The highest BCUT2D eigenvalue weighted by Gasteiger charge is 2.08. The molecule has 1 N–H and O–H groups in total. The van der Waals surface area contributed by atoms with Gasteiger partial charge >= 0.3 is 0 Å². The predicted octanol–water partition coefficient (Wildman–Crippen LogP) is 2.10. The molecular formula is C11H26N2. The zero-order chi connectivity index (χ0) is 10.3. The fourth-order valence-corrected chi connectivity index (χ4v) is 1.53. The summed E-state index contributed by atoms with van der Waals surface area (Å²) in [5.74, 6) is 0. The molecular weight excluding hydrogens is 160 g/mol. The molecule has 0 bridgehead atoms. The number of nitrogens with one attached hydrogen (secondary N) is 1. The lowest BCUT2D eigenvalue weighted by molar-refractivity contribution is 0.262. The molecule has 80 valence electrons. The van der Waals surface area contributed by atoms with E-state index in [1.165, 1.54) is 6.42 Å². The van der Waals surface area contributed by atoms with Crippen LogP contribution in [0.2, 0.25) is 0 Å². The van der Waals surface area contributed by atoms with Crippen molar-refractivity contribution >= 4 is 0 Å². The quantitative estimate of drug-likeness (QED) is 0.655. The molecule has 2 nitrogen and oxygen atoms in total. The van der Waals surface area contributed by atoms with Gasteiger partial charge in [-0.3, -0.25) is 0 Å². The molecule has 0 aliphatic heterocycles. The molecule has 0 aliphatic rings. The van der Waals surface area contributed by atoms with E-state index in [-0.39, 0.29) is 0 Å². The second-order valence-corrected chi connectivity index (χ2v) is 3.86. The third kappa shape index (κ3) is 6.05. The SMILES string of the molecule is CCC(C)NC(C)CN(CC)CC. The van der Waals surface area contributed by atoms with Crippen molar-refractivity contribution in [3.8, 4) is 0 Å². The van der Waals surface area contributed by atoms with Crippen molar-refractivity contribution < 1.29 is 0 Å². The zero-order valence-corrected chi connectivity index (χ0v) is 9.93. The Labute approximate surface area is 83.7 Å². The third-order valence-electron chi connectivity index (χ3n) is 2.61.